The third kappa shape index (κ3) is 11.3. The molecule has 0 N–H and O–H groups in total. The van der Waals surface area contributed by atoms with E-state index in [0.717, 1.165) is 19.6 Å². The van der Waals surface area contributed by atoms with E-state index in [2.05, 4.69) is 27.7 Å². The largest absolute Gasteiger partial charge is 0.381 e. The molecule has 0 aliphatic carbocycles. The highest BCUT2D eigenvalue weighted by atomic mass is 16.5. The zero-order chi connectivity index (χ0) is 11.9. The number of ketones is 1. The molecule has 0 aromatic rings. The van der Waals surface area contributed by atoms with Crippen LogP contribution < -0.4 is 0 Å². The summed E-state index contributed by atoms with van der Waals surface area (Å²) in [6.07, 6.45) is 4.46. The van der Waals surface area contributed by atoms with Gasteiger partial charge >= 0.3 is 0 Å². The Hall–Kier alpha value is -0.630. The van der Waals surface area contributed by atoms with E-state index in [-0.39, 0.29) is 11.2 Å². The minimum atomic E-state index is 0.109. The van der Waals surface area contributed by atoms with E-state index in [9.17, 15) is 4.79 Å². The number of carbonyl (C=O) groups is 1. The molecule has 0 spiro atoms. The maximum atomic E-state index is 10.7. The summed E-state index contributed by atoms with van der Waals surface area (Å²) in [5.74, 6) is 0.584. The van der Waals surface area contributed by atoms with Crippen molar-refractivity contribution in [3.8, 4) is 0 Å². The first-order valence-electron chi connectivity index (χ1n) is 5.56. The van der Waals surface area contributed by atoms with Crippen LogP contribution in [0.25, 0.3) is 0 Å². The Kier molecular flexibility index (Phi) is 6.50. The molecule has 88 valence electrons. The summed E-state index contributed by atoms with van der Waals surface area (Å²) in [4.78, 5) is 10.7. The topological polar surface area (TPSA) is 26.3 Å². The van der Waals surface area contributed by atoms with Crippen LogP contribution in [0.1, 0.15) is 41.0 Å². The monoisotopic (exact) mass is 212 g/mol. The lowest BCUT2D eigenvalue weighted by atomic mass is 9.98. The molecule has 2 heteroatoms. The van der Waals surface area contributed by atoms with E-state index in [1.165, 1.54) is 0 Å². The lowest BCUT2D eigenvalue weighted by Crippen LogP contribution is -2.17. The minimum absolute atomic E-state index is 0.109. The van der Waals surface area contributed by atoms with Gasteiger partial charge in [0.05, 0.1) is 6.61 Å². The van der Waals surface area contributed by atoms with Crippen LogP contribution >= 0.6 is 0 Å². The van der Waals surface area contributed by atoms with Gasteiger partial charge in [0, 0.05) is 6.61 Å². The molecule has 0 saturated heterocycles. The van der Waals surface area contributed by atoms with Gasteiger partial charge in [0.2, 0.25) is 0 Å². The van der Waals surface area contributed by atoms with Gasteiger partial charge in [-0.3, -0.25) is 4.79 Å². The number of ether oxygens (including phenoxy) is 1. The molecule has 0 aromatic heterocycles. The van der Waals surface area contributed by atoms with Crippen molar-refractivity contribution >= 4 is 5.78 Å². The van der Waals surface area contributed by atoms with Crippen LogP contribution in [-0.2, 0) is 9.53 Å². The van der Waals surface area contributed by atoms with E-state index in [1.54, 1.807) is 13.0 Å². The first-order valence-corrected chi connectivity index (χ1v) is 5.56. The van der Waals surface area contributed by atoms with Crippen LogP contribution in [0.2, 0.25) is 0 Å². The number of allylic oxidation sites excluding steroid dienone is 2. The second-order valence-electron chi connectivity index (χ2n) is 5.43. The first kappa shape index (κ1) is 14.4. The van der Waals surface area contributed by atoms with Gasteiger partial charge in [-0.2, -0.15) is 0 Å². The van der Waals surface area contributed by atoms with Gasteiger partial charge in [0.1, 0.15) is 0 Å². The summed E-state index contributed by atoms with van der Waals surface area (Å²) < 4.78 is 5.60. The molecule has 0 amide bonds. The molecular formula is C13H24O2. The third-order valence-electron chi connectivity index (χ3n) is 1.83. The Morgan fingerprint density at radius 2 is 2.00 bits per heavy atom. The standard InChI is InChI=1S/C13H24O2/c1-11(7-6-8-12(2)14)9-15-10-13(3,4)5/h6,8,11H,7,9-10H2,1-5H3. The highest BCUT2D eigenvalue weighted by Crippen LogP contribution is 2.14. The predicted octanol–water partition coefficient (Wildman–Crippen LogP) is 3.22. The minimum Gasteiger partial charge on any atom is -0.381 e. The lowest BCUT2D eigenvalue weighted by Gasteiger charge is -2.19. The van der Waals surface area contributed by atoms with E-state index in [1.807, 2.05) is 6.08 Å². The Balaban J connectivity index is 3.58. The molecule has 0 saturated carbocycles. The number of hydrogen-bond donors (Lipinski definition) is 0. The van der Waals surface area contributed by atoms with Crippen LogP contribution in [-0.4, -0.2) is 19.0 Å². The highest BCUT2D eigenvalue weighted by molar-refractivity contribution is 5.87. The van der Waals surface area contributed by atoms with E-state index in [0.29, 0.717) is 5.92 Å². The van der Waals surface area contributed by atoms with Crippen molar-refractivity contribution in [1.82, 2.24) is 0 Å². The smallest absolute Gasteiger partial charge is 0.152 e. The molecule has 15 heavy (non-hydrogen) atoms. The zero-order valence-corrected chi connectivity index (χ0v) is 10.7. The summed E-state index contributed by atoms with van der Waals surface area (Å²) >= 11 is 0. The highest BCUT2D eigenvalue weighted by Gasteiger charge is 2.10. The van der Waals surface area contributed by atoms with Crippen molar-refractivity contribution in [3.63, 3.8) is 0 Å². The molecule has 0 heterocycles. The summed E-state index contributed by atoms with van der Waals surface area (Å²) in [5, 5.41) is 0. The molecule has 0 aliphatic heterocycles. The number of carbonyl (C=O) groups excluding carboxylic acids is 1. The molecule has 2 nitrogen and oxygen atoms in total. The van der Waals surface area contributed by atoms with E-state index >= 15 is 0 Å². The fourth-order valence-corrected chi connectivity index (χ4v) is 1.10. The first-order chi connectivity index (χ1) is 6.81. The molecule has 1 atom stereocenters. The Morgan fingerprint density at radius 1 is 1.40 bits per heavy atom. The third-order valence-corrected chi connectivity index (χ3v) is 1.83. The maximum absolute atomic E-state index is 10.7. The van der Waals surface area contributed by atoms with Crippen molar-refractivity contribution in [3.05, 3.63) is 12.2 Å². The van der Waals surface area contributed by atoms with Gasteiger partial charge < -0.3 is 4.74 Å². The number of rotatable bonds is 6. The van der Waals surface area contributed by atoms with Crippen molar-refractivity contribution in [1.29, 1.82) is 0 Å². The van der Waals surface area contributed by atoms with Crippen molar-refractivity contribution in [2.45, 2.75) is 41.0 Å². The maximum Gasteiger partial charge on any atom is 0.152 e. The number of hydrogen-bond acceptors (Lipinski definition) is 2. The van der Waals surface area contributed by atoms with Crippen LogP contribution in [0, 0.1) is 11.3 Å². The van der Waals surface area contributed by atoms with Crippen LogP contribution in [0.3, 0.4) is 0 Å². The molecule has 0 bridgehead atoms. The van der Waals surface area contributed by atoms with Gasteiger partial charge in [-0.25, -0.2) is 0 Å². The predicted molar refractivity (Wildman–Crippen MR) is 63.9 cm³/mol. The molecule has 0 aromatic carbocycles. The fraction of sp³-hybridized carbons (Fsp3) is 0.769. The Bertz CT molecular complexity index is 211. The summed E-state index contributed by atoms with van der Waals surface area (Å²) in [6.45, 7) is 11.7. The van der Waals surface area contributed by atoms with Crippen LogP contribution in [0.5, 0.6) is 0 Å². The molecular weight excluding hydrogens is 188 g/mol. The SMILES string of the molecule is CC(=O)C=CCC(C)COCC(C)(C)C. The second-order valence-corrected chi connectivity index (χ2v) is 5.43. The molecule has 1 unspecified atom stereocenters. The molecule has 0 rings (SSSR count). The average Bonchev–Trinajstić information content (AvgIpc) is 2.00. The summed E-state index contributed by atoms with van der Waals surface area (Å²) in [6, 6.07) is 0. The zero-order valence-electron chi connectivity index (χ0n) is 10.7. The normalized spacial score (nSPS) is 14.5. The quantitative estimate of drug-likeness (QED) is 0.632. The van der Waals surface area contributed by atoms with Gasteiger partial charge in [-0.1, -0.05) is 33.8 Å². The van der Waals surface area contributed by atoms with E-state index < -0.39 is 0 Å². The summed E-state index contributed by atoms with van der Waals surface area (Å²) in [5.41, 5.74) is 0.231. The average molecular weight is 212 g/mol. The van der Waals surface area contributed by atoms with Gasteiger partial charge in [-0.05, 0) is 30.8 Å². The van der Waals surface area contributed by atoms with Gasteiger partial charge in [0.15, 0.2) is 5.78 Å². The summed E-state index contributed by atoms with van der Waals surface area (Å²) in [7, 11) is 0. The molecule has 0 radical (unpaired) electrons. The van der Waals surface area contributed by atoms with Crippen LogP contribution in [0.4, 0.5) is 0 Å². The van der Waals surface area contributed by atoms with Crippen molar-refractivity contribution < 1.29 is 9.53 Å². The van der Waals surface area contributed by atoms with E-state index in [4.69, 9.17) is 4.74 Å². The van der Waals surface area contributed by atoms with Gasteiger partial charge in [0.25, 0.3) is 0 Å². The molecule has 0 aliphatic rings. The van der Waals surface area contributed by atoms with Gasteiger partial charge in [-0.15, -0.1) is 0 Å². The Labute approximate surface area is 93.7 Å². The fourth-order valence-electron chi connectivity index (χ4n) is 1.10. The van der Waals surface area contributed by atoms with Crippen LogP contribution in [0.15, 0.2) is 12.2 Å². The lowest BCUT2D eigenvalue weighted by molar-refractivity contribution is -0.112. The second kappa shape index (κ2) is 6.78. The van der Waals surface area contributed by atoms with Crippen molar-refractivity contribution in [2.24, 2.45) is 11.3 Å². The molecule has 0 fully saturated rings. The van der Waals surface area contributed by atoms with Crippen molar-refractivity contribution in [2.75, 3.05) is 13.2 Å². The Morgan fingerprint density at radius 3 is 2.47 bits per heavy atom.